The summed E-state index contributed by atoms with van der Waals surface area (Å²) in [5, 5.41) is 4.21. The predicted molar refractivity (Wildman–Crippen MR) is 88.5 cm³/mol. The molecular weight excluding hydrogens is 258 g/mol. The van der Waals surface area contributed by atoms with Crippen LogP contribution in [-0.2, 0) is 18.9 Å². The lowest BCUT2D eigenvalue weighted by Gasteiger charge is -2.23. The van der Waals surface area contributed by atoms with E-state index < -0.39 is 0 Å². The molecule has 0 amide bonds. The summed E-state index contributed by atoms with van der Waals surface area (Å²) in [6.07, 6.45) is 2.65. The number of hydrogen-bond donors (Lipinski definition) is 1. The summed E-state index contributed by atoms with van der Waals surface area (Å²) in [6.45, 7) is 11.1. The van der Waals surface area contributed by atoms with Crippen molar-refractivity contribution in [1.29, 1.82) is 0 Å². The van der Waals surface area contributed by atoms with Crippen LogP contribution < -0.4 is 5.73 Å². The molecule has 0 spiro atoms. The maximum Gasteiger partial charge on any atom is 0.0551 e. The van der Waals surface area contributed by atoms with Gasteiger partial charge >= 0.3 is 0 Å². The number of benzene rings is 1. The van der Waals surface area contributed by atoms with Crippen molar-refractivity contribution >= 4 is 0 Å². The largest absolute Gasteiger partial charge is 0.322 e. The van der Waals surface area contributed by atoms with E-state index >= 15 is 0 Å². The molecule has 0 aliphatic rings. The van der Waals surface area contributed by atoms with Crippen LogP contribution in [0.3, 0.4) is 0 Å². The first-order valence-corrected chi connectivity index (χ1v) is 7.54. The topological polar surface area (TPSA) is 43.8 Å². The Morgan fingerprint density at radius 1 is 1.19 bits per heavy atom. The van der Waals surface area contributed by atoms with Gasteiger partial charge in [-0.1, -0.05) is 32.9 Å². The van der Waals surface area contributed by atoms with Crippen molar-refractivity contribution in [2.75, 3.05) is 0 Å². The molecule has 0 radical (unpaired) electrons. The first-order chi connectivity index (χ1) is 9.70. The van der Waals surface area contributed by atoms with Gasteiger partial charge < -0.3 is 5.73 Å². The Labute approximate surface area is 128 Å². The quantitative estimate of drug-likeness (QED) is 0.936. The fourth-order valence-electron chi connectivity index (χ4n) is 2.82. The van der Waals surface area contributed by atoms with E-state index in [1.165, 1.54) is 22.3 Å². The summed E-state index contributed by atoms with van der Waals surface area (Å²) in [5.41, 5.74) is 13.0. The second kappa shape index (κ2) is 5.64. The number of hydrogen-bond acceptors (Lipinski definition) is 2. The van der Waals surface area contributed by atoms with Gasteiger partial charge in [0.15, 0.2) is 0 Å². The Morgan fingerprint density at radius 2 is 1.76 bits per heavy atom. The van der Waals surface area contributed by atoms with Crippen molar-refractivity contribution in [1.82, 2.24) is 9.78 Å². The number of aromatic nitrogens is 2. The highest BCUT2D eigenvalue weighted by Gasteiger charge is 2.18. The molecule has 1 heterocycles. The molecule has 0 bridgehead atoms. The monoisotopic (exact) mass is 285 g/mol. The van der Waals surface area contributed by atoms with Crippen molar-refractivity contribution in [2.45, 2.75) is 52.5 Å². The Kier molecular flexibility index (Phi) is 4.24. The van der Waals surface area contributed by atoms with Gasteiger partial charge in [0.05, 0.1) is 11.7 Å². The van der Waals surface area contributed by atoms with E-state index in [1.54, 1.807) is 6.20 Å². The first kappa shape index (κ1) is 15.8. The Bertz CT molecular complexity index is 609. The molecule has 0 saturated carbocycles. The zero-order valence-electron chi connectivity index (χ0n) is 14.1. The summed E-state index contributed by atoms with van der Waals surface area (Å²) in [4.78, 5) is 0. The Hall–Kier alpha value is -1.61. The smallest absolute Gasteiger partial charge is 0.0551 e. The summed E-state index contributed by atoms with van der Waals surface area (Å²) in [6, 6.07) is 6.59. The Balaban J connectivity index is 2.31. The first-order valence-electron chi connectivity index (χ1n) is 7.54. The Morgan fingerprint density at radius 3 is 2.19 bits per heavy atom. The molecule has 21 heavy (non-hydrogen) atoms. The van der Waals surface area contributed by atoms with Crippen LogP contribution in [0, 0.1) is 13.8 Å². The molecule has 0 aliphatic carbocycles. The van der Waals surface area contributed by atoms with Crippen LogP contribution in [0.2, 0.25) is 0 Å². The van der Waals surface area contributed by atoms with E-state index in [9.17, 15) is 0 Å². The highest BCUT2D eigenvalue weighted by Crippen LogP contribution is 2.28. The summed E-state index contributed by atoms with van der Waals surface area (Å²) in [5.74, 6) is 0. The van der Waals surface area contributed by atoms with Gasteiger partial charge in [-0.3, -0.25) is 4.68 Å². The highest BCUT2D eigenvalue weighted by molar-refractivity contribution is 5.41. The predicted octanol–water partition coefficient (Wildman–Crippen LogP) is 3.58. The fourth-order valence-corrected chi connectivity index (χ4v) is 2.82. The lowest BCUT2D eigenvalue weighted by molar-refractivity contribution is 0.586. The molecule has 2 rings (SSSR count). The lowest BCUT2D eigenvalue weighted by Crippen LogP contribution is -2.19. The molecule has 2 N–H and O–H groups in total. The molecular formula is C18H27N3. The third kappa shape index (κ3) is 3.35. The maximum atomic E-state index is 6.37. The summed E-state index contributed by atoms with van der Waals surface area (Å²) in [7, 11) is 1.94. The van der Waals surface area contributed by atoms with Crippen molar-refractivity contribution < 1.29 is 0 Å². The summed E-state index contributed by atoms with van der Waals surface area (Å²) < 4.78 is 1.86. The molecule has 0 fully saturated rings. The molecule has 1 aromatic heterocycles. The zero-order chi connectivity index (χ0) is 15.8. The van der Waals surface area contributed by atoms with Gasteiger partial charge in [0.2, 0.25) is 0 Å². The minimum Gasteiger partial charge on any atom is -0.322 e. The van der Waals surface area contributed by atoms with E-state index in [0.29, 0.717) is 0 Å². The van der Waals surface area contributed by atoms with E-state index in [-0.39, 0.29) is 11.5 Å². The lowest BCUT2D eigenvalue weighted by atomic mass is 9.83. The van der Waals surface area contributed by atoms with Crippen LogP contribution in [0.5, 0.6) is 0 Å². The second-order valence-electron chi connectivity index (χ2n) is 7.03. The molecule has 1 unspecified atom stereocenters. The van der Waals surface area contributed by atoms with Crippen LogP contribution in [0.15, 0.2) is 24.4 Å². The minimum atomic E-state index is -0.0182. The standard InChI is InChI=1S/C18H27N3/c1-12-9-14(18(3,4)5)10-13(2)15(12)11-16(19)17-7-8-20-21(17)6/h7-10,16H,11,19H2,1-6H3. The SMILES string of the molecule is Cc1cc(C(C)(C)C)cc(C)c1CC(N)c1ccnn1C. The number of nitrogens with two attached hydrogens (primary N) is 1. The molecule has 114 valence electrons. The summed E-state index contributed by atoms with van der Waals surface area (Å²) >= 11 is 0. The highest BCUT2D eigenvalue weighted by atomic mass is 15.3. The van der Waals surface area contributed by atoms with E-state index in [4.69, 9.17) is 5.73 Å². The van der Waals surface area contributed by atoms with Gasteiger partial charge in [-0.2, -0.15) is 5.10 Å². The molecule has 3 nitrogen and oxygen atoms in total. The van der Waals surface area contributed by atoms with Crippen LogP contribution in [0.25, 0.3) is 0 Å². The third-order valence-electron chi connectivity index (χ3n) is 4.22. The van der Waals surface area contributed by atoms with Crippen molar-refractivity contribution in [2.24, 2.45) is 12.8 Å². The fraction of sp³-hybridized carbons (Fsp3) is 0.500. The number of rotatable bonds is 3. The zero-order valence-corrected chi connectivity index (χ0v) is 14.1. The van der Waals surface area contributed by atoms with Crippen LogP contribution in [0.4, 0.5) is 0 Å². The minimum absolute atomic E-state index is 0.0182. The molecule has 0 aliphatic heterocycles. The van der Waals surface area contributed by atoms with Gasteiger partial charge in [0.25, 0.3) is 0 Å². The molecule has 3 heteroatoms. The van der Waals surface area contributed by atoms with Gasteiger partial charge in [0.1, 0.15) is 0 Å². The second-order valence-corrected chi connectivity index (χ2v) is 7.03. The average Bonchev–Trinajstić information content (AvgIpc) is 2.78. The normalized spacial score (nSPS) is 13.5. The van der Waals surface area contributed by atoms with Crippen LogP contribution in [-0.4, -0.2) is 9.78 Å². The van der Waals surface area contributed by atoms with E-state index in [0.717, 1.165) is 12.1 Å². The van der Waals surface area contributed by atoms with Crippen molar-refractivity contribution in [3.63, 3.8) is 0 Å². The van der Waals surface area contributed by atoms with Gasteiger partial charge in [-0.25, -0.2) is 0 Å². The number of aryl methyl sites for hydroxylation is 3. The van der Waals surface area contributed by atoms with Crippen molar-refractivity contribution in [3.05, 3.63) is 52.3 Å². The molecule has 1 aromatic carbocycles. The average molecular weight is 285 g/mol. The van der Waals surface area contributed by atoms with Gasteiger partial charge in [0, 0.05) is 13.2 Å². The van der Waals surface area contributed by atoms with Gasteiger partial charge in [-0.15, -0.1) is 0 Å². The molecule has 1 atom stereocenters. The van der Waals surface area contributed by atoms with Crippen molar-refractivity contribution in [3.8, 4) is 0 Å². The van der Waals surface area contributed by atoms with Gasteiger partial charge in [-0.05, 0) is 54.0 Å². The van der Waals surface area contributed by atoms with E-state index in [1.807, 2.05) is 17.8 Å². The van der Waals surface area contributed by atoms with Crippen LogP contribution >= 0.6 is 0 Å². The molecule has 2 aromatic rings. The number of nitrogens with zero attached hydrogens (tertiary/aromatic N) is 2. The maximum absolute atomic E-state index is 6.37. The van der Waals surface area contributed by atoms with E-state index in [2.05, 4.69) is 51.9 Å². The third-order valence-corrected chi connectivity index (χ3v) is 4.22. The molecule has 0 saturated heterocycles. The van der Waals surface area contributed by atoms with Crippen LogP contribution in [0.1, 0.15) is 54.8 Å².